The Balaban J connectivity index is 2.68. The predicted molar refractivity (Wildman–Crippen MR) is 69.0 cm³/mol. The number of carbonyl (C=O) groups is 1. The molecule has 0 aromatic heterocycles. The first-order chi connectivity index (χ1) is 9.14. The number of rotatable bonds is 5. The maximum absolute atomic E-state index is 12.5. The zero-order valence-corrected chi connectivity index (χ0v) is 11.5. The molecule has 0 fully saturated rings. The summed E-state index contributed by atoms with van der Waals surface area (Å²) >= 11 is 0. The third kappa shape index (κ3) is 5.20. The molecule has 4 nitrogen and oxygen atoms in total. The highest BCUT2D eigenvalue weighted by molar-refractivity contribution is 7.91. The summed E-state index contributed by atoms with van der Waals surface area (Å²) in [5.74, 6) is -1.04. The fraction of sp³-hybridized carbons (Fsp3) is 0.417. The van der Waals surface area contributed by atoms with Crippen LogP contribution in [0.1, 0.15) is 18.9 Å². The topological polar surface area (TPSA) is 63.2 Å². The van der Waals surface area contributed by atoms with Gasteiger partial charge >= 0.3 is 6.18 Å². The van der Waals surface area contributed by atoms with Crippen molar-refractivity contribution in [1.29, 1.82) is 0 Å². The van der Waals surface area contributed by atoms with Gasteiger partial charge in [-0.15, -0.1) is 0 Å². The third-order valence-electron chi connectivity index (χ3n) is 2.55. The minimum atomic E-state index is -4.49. The lowest BCUT2D eigenvalue weighted by Gasteiger charge is -2.09. The number of halogens is 3. The smallest absolute Gasteiger partial charge is 0.326 e. The first-order valence-electron chi connectivity index (χ1n) is 5.81. The zero-order chi connectivity index (χ0) is 15.4. The van der Waals surface area contributed by atoms with Gasteiger partial charge in [0.25, 0.3) is 0 Å². The second kappa shape index (κ2) is 6.25. The van der Waals surface area contributed by atoms with Gasteiger partial charge in [-0.3, -0.25) is 4.79 Å². The molecule has 0 bridgehead atoms. The lowest BCUT2D eigenvalue weighted by molar-refractivity contribution is -0.137. The minimum absolute atomic E-state index is 0.0151. The Morgan fingerprint density at radius 3 is 2.50 bits per heavy atom. The van der Waals surface area contributed by atoms with Gasteiger partial charge in [0.1, 0.15) is 0 Å². The number of hydrogen-bond acceptors (Lipinski definition) is 3. The maximum Gasteiger partial charge on any atom is 0.416 e. The molecule has 1 aromatic rings. The molecule has 0 unspecified atom stereocenters. The summed E-state index contributed by atoms with van der Waals surface area (Å²) in [7, 11) is -3.28. The average molecular weight is 309 g/mol. The minimum Gasteiger partial charge on any atom is -0.326 e. The van der Waals surface area contributed by atoms with Crippen LogP contribution in [0.25, 0.3) is 0 Å². The van der Waals surface area contributed by atoms with E-state index >= 15 is 0 Å². The fourth-order valence-electron chi connectivity index (χ4n) is 1.39. The van der Waals surface area contributed by atoms with Gasteiger partial charge in [0.05, 0.1) is 11.3 Å². The molecular weight excluding hydrogens is 295 g/mol. The van der Waals surface area contributed by atoms with Gasteiger partial charge in [-0.05, 0) is 18.2 Å². The molecule has 0 saturated carbocycles. The van der Waals surface area contributed by atoms with E-state index in [2.05, 4.69) is 5.32 Å². The molecule has 0 atom stereocenters. The molecule has 1 amide bonds. The van der Waals surface area contributed by atoms with Crippen molar-refractivity contribution in [2.45, 2.75) is 19.5 Å². The van der Waals surface area contributed by atoms with Gasteiger partial charge in [-0.2, -0.15) is 13.2 Å². The first kappa shape index (κ1) is 16.5. The molecule has 1 aromatic carbocycles. The van der Waals surface area contributed by atoms with E-state index in [4.69, 9.17) is 0 Å². The van der Waals surface area contributed by atoms with Crippen LogP contribution in [-0.4, -0.2) is 25.8 Å². The SMILES string of the molecule is CCS(=O)(=O)CCC(=O)Nc1cccc(C(F)(F)F)c1. The van der Waals surface area contributed by atoms with Gasteiger partial charge < -0.3 is 5.32 Å². The summed E-state index contributed by atoms with van der Waals surface area (Å²) in [6.07, 6.45) is -4.78. The Morgan fingerprint density at radius 2 is 1.95 bits per heavy atom. The van der Waals surface area contributed by atoms with Crippen molar-refractivity contribution in [2.24, 2.45) is 0 Å². The van der Waals surface area contributed by atoms with Crippen LogP contribution in [0.3, 0.4) is 0 Å². The fourth-order valence-corrected chi connectivity index (χ4v) is 2.17. The standard InChI is InChI=1S/C12H14F3NO3S/c1-2-20(18,19)7-6-11(17)16-10-5-3-4-9(8-10)12(13,14)15/h3-5,8H,2,6-7H2,1H3,(H,16,17). The van der Waals surface area contributed by atoms with Crippen LogP contribution in [0.4, 0.5) is 18.9 Å². The molecule has 112 valence electrons. The number of benzene rings is 1. The third-order valence-corrected chi connectivity index (χ3v) is 4.26. The number of amides is 1. The lowest BCUT2D eigenvalue weighted by atomic mass is 10.2. The van der Waals surface area contributed by atoms with Crippen molar-refractivity contribution in [3.8, 4) is 0 Å². The molecule has 0 aliphatic heterocycles. The number of nitrogens with one attached hydrogen (secondary N) is 1. The van der Waals surface area contributed by atoms with Crippen molar-refractivity contribution < 1.29 is 26.4 Å². The molecule has 0 spiro atoms. The van der Waals surface area contributed by atoms with E-state index in [0.717, 1.165) is 12.1 Å². The summed E-state index contributed by atoms with van der Waals surface area (Å²) in [6, 6.07) is 4.16. The zero-order valence-electron chi connectivity index (χ0n) is 10.7. The second-order valence-electron chi connectivity index (χ2n) is 4.11. The quantitative estimate of drug-likeness (QED) is 0.909. The van der Waals surface area contributed by atoms with Crippen molar-refractivity contribution in [1.82, 2.24) is 0 Å². The van der Waals surface area contributed by atoms with Crippen LogP contribution in [0, 0.1) is 0 Å². The van der Waals surface area contributed by atoms with Crippen molar-refractivity contribution in [2.75, 3.05) is 16.8 Å². The summed E-state index contributed by atoms with van der Waals surface area (Å²) in [5.41, 5.74) is -0.893. The number of sulfone groups is 1. The van der Waals surface area contributed by atoms with E-state index < -0.39 is 27.5 Å². The van der Waals surface area contributed by atoms with E-state index in [9.17, 15) is 26.4 Å². The van der Waals surface area contributed by atoms with Crippen LogP contribution < -0.4 is 5.32 Å². The summed E-state index contributed by atoms with van der Waals surface area (Å²) < 4.78 is 59.8. The molecule has 20 heavy (non-hydrogen) atoms. The molecular formula is C12H14F3NO3S. The van der Waals surface area contributed by atoms with Gasteiger partial charge in [0, 0.05) is 17.9 Å². The number of anilines is 1. The lowest BCUT2D eigenvalue weighted by Crippen LogP contribution is -2.18. The molecule has 0 saturated heterocycles. The van der Waals surface area contributed by atoms with Crippen LogP contribution in [0.5, 0.6) is 0 Å². The first-order valence-corrected chi connectivity index (χ1v) is 7.64. The van der Waals surface area contributed by atoms with Crippen molar-refractivity contribution >= 4 is 21.4 Å². The highest BCUT2D eigenvalue weighted by atomic mass is 32.2. The van der Waals surface area contributed by atoms with E-state index in [0.29, 0.717) is 0 Å². The van der Waals surface area contributed by atoms with Gasteiger partial charge in [0.2, 0.25) is 5.91 Å². The Labute approximate surface area is 114 Å². The largest absolute Gasteiger partial charge is 0.416 e. The Bertz CT molecular complexity index is 582. The highest BCUT2D eigenvalue weighted by Gasteiger charge is 2.30. The number of alkyl halides is 3. The Kier molecular flexibility index (Phi) is 5.15. The van der Waals surface area contributed by atoms with Gasteiger partial charge in [0.15, 0.2) is 9.84 Å². The van der Waals surface area contributed by atoms with Crippen molar-refractivity contribution in [3.05, 3.63) is 29.8 Å². The average Bonchev–Trinajstić information content (AvgIpc) is 2.36. The second-order valence-corrected chi connectivity index (χ2v) is 6.59. The number of hydrogen-bond donors (Lipinski definition) is 1. The number of carbonyl (C=O) groups excluding carboxylic acids is 1. The summed E-state index contributed by atoms with van der Waals surface area (Å²) in [6.45, 7) is 1.46. The summed E-state index contributed by atoms with van der Waals surface area (Å²) in [4.78, 5) is 11.5. The van der Waals surface area contributed by atoms with E-state index in [1.165, 1.54) is 19.1 Å². The van der Waals surface area contributed by atoms with Crippen LogP contribution in [-0.2, 0) is 20.8 Å². The molecule has 0 aliphatic rings. The van der Waals surface area contributed by atoms with E-state index in [1.807, 2.05) is 0 Å². The van der Waals surface area contributed by atoms with E-state index in [-0.39, 0.29) is 23.6 Å². The molecule has 0 heterocycles. The molecule has 8 heteroatoms. The van der Waals surface area contributed by atoms with Gasteiger partial charge in [-0.1, -0.05) is 13.0 Å². The normalized spacial score (nSPS) is 12.2. The predicted octanol–water partition coefficient (Wildman–Crippen LogP) is 2.47. The molecule has 1 rings (SSSR count). The van der Waals surface area contributed by atoms with Gasteiger partial charge in [-0.25, -0.2) is 8.42 Å². The monoisotopic (exact) mass is 309 g/mol. The van der Waals surface area contributed by atoms with Crippen LogP contribution in [0.2, 0.25) is 0 Å². The molecule has 0 radical (unpaired) electrons. The molecule has 0 aliphatic carbocycles. The molecule has 1 N–H and O–H groups in total. The highest BCUT2D eigenvalue weighted by Crippen LogP contribution is 2.30. The van der Waals surface area contributed by atoms with Crippen LogP contribution >= 0.6 is 0 Å². The Morgan fingerprint density at radius 1 is 1.30 bits per heavy atom. The summed E-state index contributed by atoms with van der Waals surface area (Å²) in [5, 5.41) is 2.25. The Hall–Kier alpha value is -1.57. The van der Waals surface area contributed by atoms with Crippen molar-refractivity contribution in [3.63, 3.8) is 0 Å². The van der Waals surface area contributed by atoms with E-state index in [1.54, 1.807) is 0 Å². The van der Waals surface area contributed by atoms with Crippen LogP contribution in [0.15, 0.2) is 24.3 Å². The maximum atomic E-state index is 12.5.